The Kier molecular flexibility index (Phi) is 7.58. The first-order chi connectivity index (χ1) is 20.7. The van der Waals surface area contributed by atoms with Gasteiger partial charge in [-0.2, -0.15) is 9.67 Å². The average molecular weight is 663 g/mol. The summed E-state index contributed by atoms with van der Waals surface area (Å²) in [4.78, 5) is 41.2. The molecular weight excluding hydrogens is 641 g/mol. The van der Waals surface area contributed by atoms with Crippen LogP contribution in [0.3, 0.4) is 0 Å². The standard InChI is InChI=1S/C20H21F2N10O8PS2/c21-7-5-1-35-20(42)39-18-8(22)11(17(38-18)32-13-10(29-30-32)15(34)28-19(23)27-13)40-41(43)36-2-6(5)37-16(7)31-4-26-9-12(31)24-3-25-14(9)33/h3-8,11,16-18,20,42-43H,1-2H2,(H,24,25,33)(H3,23,27,28,34)/t5-,6-,7+,8-,11-,16-,17-,18?,20?,41?/m1/s1. The fourth-order valence-corrected chi connectivity index (χ4v) is 6.56. The van der Waals surface area contributed by atoms with Gasteiger partial charge in [-0.15, -0.1) is 17.7 Å². The minimum absolute atomic E-state index is 0.0116. The number of anilines is 1. The number of hydrogen-bond donors (Lipinski definition) is 5. The highest BCUT2D eigenvalue weighted by Gasteiger charge is 2.52. The van der Waals surface area contributed by atoms with Crippen LogP contribution >= 0.6 is 32.5 Å². The van der Waals surface area contributed by atoms with Gasteiger partial charge in [0, 0.05) is 5.92 Å². The highest BCUT2D eigenvalue weighted by atomic mass is 32.7. The van der Waals surface area contributed by atoms with Gasteiger partial charge in [0.25, 0.3) is 11.1 Å². The summed E-state index contributed by atoms with van der Waals surface area (Å²) in [5.74, 6) is -1.16. The molecule has 7 heterocycles. The van der Waals surface area contributed by atoms with Crippen molar-refractivity contribution in [1.29, 1.82) is 0 Å². The first-order valence-corrected chi connectivity index (χ1v) is 15.4. The topological polar surface area (TPSA) is 221 Å². The first-order valence-electron chi connectivity index (χ1n) is 12.5. The molecule has 0 amide bonds. The SMILES string of the molecule is Nc1nc2c(nnn2[C@@H]2OC3OC(S)OC[C@H]4[C@H](F)[C@H](n5cnc6c(=O)[nH]cnc65)O[C@@H]4COP(S)O[C@@H]2[C@H]3F)c(=O)[nH]1. The number of thiol groups is 2. The maximum absolute atomic E-state index is 15.9. The van der Waals surface area contributed by atoms with Crippen LogP contribution in [0.1, 0.15) is 12.5 Å². The zero-order chi connectivity index (χ0) is 30.0. The molecule has 3 saturated heterocycles. The highest BCUT2D eigenvalue weighted by Crippen LogP contribution is 2.51. The smallest absolute Gasteiger partial charge is 0.282 e. The van der Waals surface area contributed by atoms with Crippen LogP contribution in [0.2, 0.25) is 0 Å². The summed E-state index contributed by atoms with van der Waals surface area (Å²) in [5.41, 5.74) is 2.99. The van der Waals surface area contributed by atoms with Crippen molar-refractivity contribution in [1.82, 2.24) is 44.5 Å². The lowest BCUT2D eigenvalue weighted by Gasteiger charge is -2.24. The van der Waals surface area contributed by atoms with Gasteiger partial charge in [0.05, 0.1) is 32.0 Å². The number of fused-ring (bicyclic) bond motifs is 5. The lowest BCUT2D eigenvalue weighted by atomic mass is 10.0. The monoisotopic (exact) mass is 662 g/mol. The number of imidazole rings is 1. The van der Waals surface area contributed by atoms with Gasteiger partial charge in [0.2, 0.25) is 19.1 Å². The molecular formula is C20H21F2N10O8PS2. The van der Waals surface area contributed by atoms with Gasteiger partial charge in [-0.1, -0.05) is 17.5 Å². The molecule has 7 rings (SSSR count). The molecule has 230 valence electrons. The molecule has 3 unspecified atom stereocenters. The number of ether oxygens (including phenoxy) is 4. The molecule has 18 nitrogen and oxygen atoms in total. The third-order valence-electron chi connectivity index (χ3n) is 7.08. The van der Waals surface area contributed by atoms with E-state index in [1.54, 1.807) is 0 Å². The van der Waals surface area contributed by atoms with Gasteiger partial charge in [0.15, 0.2) is 53.4 Å². The third kappa shape index (κ3) is 5.09. The van der Waals surface area contributed by atoms with E-state index in [-0.39, 0.29) is 41.5 Å². The van der Waals surface area contributed by atoms with Crippen LogP contribution in [-0.2, 0) is 28.0 Å². The summed E-state index contributed by atoms with van der Waals surface area (Å²) in [5, 5.41) is 7.67. The second kappa shape index (κ2) is 11.3. The van der Waals surface area contributed by atoms with Crippen molar-refractivity contribution < 1.29 is 36.8 Å². The second-order valence-corrected chi connectivity index (χ2v) is 12.0. The number of aromatic amines is 2. The van der Waals surface area contributed by atoms with Crippen molar-refractivity contribution in [3.05, 3.63) is 33.4 Å². The average Bonchev–Trinajstić information content (AvgIpc) is 3.72. The predicted octanol–water partition coefficient (Wildman–Crippen LogP) is 0.0934. The normalized spacial score (nSPS) is 35.4. The van der Waals surface area contributed by atoms with E-state index >= 15 is 8.78 Å². The van der Waals surface area contributed by atoms with Crippen molar-refractivity contribution in [2.24, 2.45) is 5.92 Å². The third-order valence-corrected chi connectivity index (χ3v) is 8.77. The zero-order valence-electron chi connectivity index (χ0n) is 21.3. The van der Waals surface area contributed by atoms with Crippen LogP contribution in [0.25, 0.3) is 22.3 Å². The van der Waals surface area contributed by atoms with E-state index in [0.717, 1.165) is 4.68 Å². The number of nitrogens with two attached hydrogens (primary N) is 1. The maximum atomic E-state index is 15.9. The summed E-state index contributed by atoms with van der Waals surface area (Å²) in [6.45, 7) is -0.528. The molecule has 23 heteroatoms. The van der Waals surface area contributed by atoms with E-state index in [2.05, 4.69) is 60.1 Å². The fourth-order valence-electron chi connectivity index (χ4n) is 5.07. The number of rotatable bonds is 2. The Morgan fingerprint density at radius 1 is 1.05 bits per heavy atom. The molecule has 2 bridgehead atoms. The van der Waals surface area contributed by atoms with Crippen LogP contribution in [-0.4, -0.2) is 94.2 Å². The fraction of sp³-hybridized carbons (Fsp3) is 0.550. The van der Waals surface area contributed by atoms with Crippen molar-refractivity contribution in [2.45, 2.75) is 48.9 Å². The molecule has 0 radical (unpaired) electrons. The zero-order valence-corrected chi connectivity index (χ0v) is 24.0. The van der Waals surface area contributed by atoms with Gasteiger partial charge in [-0.25, -0.2) is 18.7 Å². The Labute approximate surface area is 249 Å². The van der Waals surface area contributed by atoms with Crippen LogP contribution in [0.4, 0.5) is 14.7 Å². The lowest BCUT2D eigenvalue weighted by Crippen LogP contribution is -2.34. The molecule has 10 atom stereocenters. The minimum Gasteiger partial charge on any atom is -0.369 e. The van der Waals surface area contributed by atoms with Crippen LogP contribution < -0.4 is 16.9 Å². The minimum atomic E-state index is -2.13. The van der Waals surface area contributed by atoms with E-state index in [4.69, 9.17) is 33.7 Å². The summed E-state index contributed by atoms with van der Waals surface area (Å²) >= 11 is 8.56. The molecule has 43 heavy (non-hydrogen) atoms. The first kappa shape index (κ1) is 28.9. The van der Waals surface area contributed by atoms with Crippen molar-refractivity contribution in [3.63, 3.8) is 0 Å². The molecule has 3 fully saturated rings. The van der Waals surface area contributed by atoms with Gasteiger partial charge in [0.1, 0.15) is 6.10 Å². The van der Waals surface area contributed by atoms with Gasteiger partial charge < -0.3 is 38.7 Å². The number of nitrogens with zero attached hydrogens (tertiary/aromatic N) is 7. The van der Waals surface area contributed by atoms with Crippen LogP contribution in [0.15, 0.2) is 22.2 Å². The summed E-state index contributed by atoms with van der Waals surface area (Å²) in [6, 6.07) is 0. The van der Waals surface area contributed by atoms with E-state index in [1.165, 1.54) is 17.2 Å². The Morgan fingerprint density at radius 3 is 2.72 bits per heavy atom. The molecule has 3 aliphatic rings. The van der Waals surface area contributed by atoms with Crippen molar-refractivity contribution in [3.8, 4) is 0 Å². The van der Waals surface area contributed by atoms with Crippen molar-refractivity contribution >= 4 is 60.7 Å². The summed E-state index contributed by atoms with van der Waals surface area (Å²) < 4.78 is 68.4. The van der Waals surface area contributed by atoms with Crippen LogP contribution in [0, 0.1) is 5.92 Å². The van der Waals surface area contributed by atoms with Gasteiger partial charge in [-0.3, -0.25) is 19.1 Å². The number of hydrogen-bond acceptors (Lipinski definition) is 16. The number of H-pyrrole nitrogens is 2. The van der Waals surface area contributed by atoms with E-state index < -0.39 is 73.5 Å². The number of nitrogen functional groups attached to an aromatic ring is 1. The number of halogens is 2. The molecule has 0 aromatic carbocycles. The van der Waals surface area contributed by atoms with E-state index in [0.29, 0.717) is 0 Å². The lowest BCUT2D eigenvalue weighted by molar-refractivity contribution is -0.228. The van der Waals surface area contributed by atoms with E-state index in [9.17, 15) is 9.59 Å². The van der Waals surface area contributed by atoms with Gasteiger partial charge in [-0.05, 0) is 0 Å². The Hall–Kier alpha value is -2.82. The quantitative estimate of drug-likeness (QED) is 0.142. The highest BCUT2D eigenvalue weighted by molar-refractivity contribution is 8.41. The predicted molar refractivity (Wildman–Crippen MR) is 146 cm³/mol. The Bertz CT molecular complexity index is 1780. The molecule has 4 aromatic heterocycles. The Morgan fingerprint density at radius 2 is 1.88 bits per heavy atom. The van der Waals surface area contributed by atoms with Gasteiger partial charge >= 0.3 is 0 Å². The summed E-state index contributed by atoms with van der Waals surface area (Å²) in [7, 11) is -2.13. The van der Waals surface area contributed by atoms with E-state index in [1.807, 2.05) is 0 Å². The number of nitrogens with one attached hydrogen (secondary N) is 2. The molecule has 4 aromatic rings. The Balaban J connectivity index is 1.16. The second-order valence-electron chi connectivity index (χ2n) is 9.61. The molecule has 0 saturated carbocycles. The van der Waals surface area contributed by atoms with Crippen molar-refractivity contribution in [2.75, 3.05) is 18.9 Å². The molecule has 3 aliphatic heterocycles. The number of alkyl halides is 2. The van der Waals surface area contributed by atoms with Crippen LogP contribution in [0.5, 0.6) is 0 Å². The molecule has 4 N–H and O–H groups in total. The summed E-state index contributed by atoms with van der Waals surface area (Å²) in [6.07, 6.45) is -7.78. The maximum Gasteiger partial charge on any atom is 0.282 e. The number of aromatic nitrogens is 9. The molecule has 0 spiro atoms. The largest absolute Gasteiger partial charge is 0.369 e. The molecule has 0 aliphatic carbocycles.